The van der Waals surface area contributed by atoms with E-state index in [0.717, 1.165) is 4.90 Å². The molecule has 0 aliphatic heterocycles. The predicted octanol–water partition coefficient (Wildman–Crippen LogP) is 2.87. The van der Waals surface area contributed by atoms with Crippen LogP contribution < -0.4 is 5.32 Å². The topological polar surface area (TPSA) is 99.5 Å². The maximum Gasteiger partial charge on any atom is 0.331 e. The molecule has 29 heavy (non-hydrogen) atoms. The van der Waals surface area contributed by atoms with Gasteiger partial charge in [0.1, 0.15) is 0 Å². The minimum absolute atomic E-state index is 0.220. The average Bonchev–Trinajstić information content (AvgIpc) is 2.72. The van der Waals surface area contributed by atoms with Gasteiger partial charge in [0.2, 0.25) is 5.91 Å². The highest BCUT2D eigenvalue weighted by atomic mass is 35.5. The third kappa shape index (κ3) is 7.13. The molecular formula is C21H18ClN3O4. The van der Waals surface area contributed by atoms with Crippen molar-refractivity contribution < 1.29 is 19.1 Å². The lowest BCUT2D eigenvalue weighted by Gasteiger charge is -2.16. The van der Waals surface area contributed by atoms with Gasteiger partial charge in [-0.05, 0) is 35.9 Å². The van der Waals surface area contributed by atoms with Crippen LogP contribution in [0.2, 0.25) is 5.02 Å². The number of anilines is 1. The summed E-state index contributed by atoms with van der Waals surface area (Å²) in [6, 6.07) is 15.3. The standard InChI is InChI=1S/C21H18ClN3O4/c1-25(13-19(26)24-18-5-3-2-4-17(18)22)20(27)14-29-21(28)11-10-15-6-8-16(12-23)9-7-15/h2-11H,13-14H2,1H3,(H,24,26)/b11-10+. The largest absolute Gasteiger partial charge is 0.452 e. The molecule has 2 aromatic carbocycles. The fraction of sp³-hybridized carbons (Fsp3) is 0.143. The summed E-state index contributed by atoms with van der Waals surface area (Å²) in [6.07, 6.45) is 2.69. The van der Waals surface area contributed by atoms with Gasteiger partial charge in [0.05, 0.1) is 28.9 Å². The third-order valence-corrected chi connectivity index (χ3v) is 4.07. The average molecular weight is 412 g/mol. The molecule has 0 atom stereocenters. The van der Waals surface area contributed by atoms with Crippen molar-refractivity contribution in [3.05, 3.63) is 70.8 Å². The van der Waals surface area contributed by atoms with Gasteiger partial charge in [-0.1, -0.05) is 35.9 Å². The maximum absolute atomic E-state index is 12.0. The number of para-hydroxylation sites is 1. The number of nitrogens with zero attached hydrogens (tertiary/aromatic N) is 2. The molecule has 0 heterocycles. The van der Waals surface area contributed by atoms with E-state index in [1.165, 1.54) is 19.2 Å². The van der Waals surface area contributed by atoms with E-state index in [1.54, 1.807) is 48.5 Å². The van der Waals surface area contributed by atoms with Crippen LogP contribution >= 0.6 is 11.6 Å². The zero-order valence-electron chi connectivity index (χ0n) is 15.6. The van der Waals surface area contributed by atoms with Crippen molar-refractivity contribution in [1.29, 1.82) is 5.26 Å². The number of rotatable bonds is 7. The molecule has 1 N–H and O–H groups in total. The molecule has 0 saturated carbocycles. The smallest absolute Gasteiger partial charge is 0.331 e. The molecule has 8 heteroatoms. The number of ether oxygens (including phenoxy) is 1. The van der Waals surface area contributed by atoms with Gasteiger partial charge in [-0.2, -0.15) is 5.26 Å². The minimum atomic E-state index is -0.698. The summed E-state index contributed by atoms with van der Waals surface area (Å²) in [5, 5.41) is 11.7. The summed E-state index contributed by atoms with van der Waals surface area (Å²) >= 11 is 5.97. The third-order valence-electron chi connectivity index (χ3n) is 3.74. The van der Waals surface area contributed by atoms with Crippen molar-refractivity contribution in [3.63, 3.8) is 0 Å². The van der Waals surface area contributed by atoms with Crippen LogP contribution in [-0.4, -0.2) is 42.9 Å². The van der Waals surface area contributed by atoms with E-state index in [0.29, 0.717) is 21.8 Å². The Hall–Kier alpha value is -3.63. The fourth-order valence-electron chi connectivity index (χ4n) is 2.18. The normalized spacial score (nSPS) is 10.2. The fourth-order valence-corrected chi connectivity index (χ4v) is 2.36. The lowest BCUT2D eigenvalue weighted by Crippen LogP contribution is -2.37. The van der Waals surface area contributed by atoms with E-state index in [2.05, 4.69) is 5.32 Å². The highest BCUT2D eigenvalue weighted by molar-refractivity contribution is 6.33. The van der Waals surface area contributed by atoms with E-state index < -0.39 is 24.4 Å². The lowest BCUT2D eigenvalue weighted by atomic mass is 10.1. The Bertz CT molecular complexity index is 965. The van der Waals surface area contributed by atoms with Crippen molar-refractivity contribution in [2.24, 2.45) is 0 Å². The maximum atomic E-state index is 12.0. The summed E-state index contributed by atoms with van der Waals surface area (Å²) < 4.78 is 4.89. The molecule has 2 aromatic rings. The molecule has 0 radical (unpaired) electrons. The molecule has 0 unspecified atom stereocenters. The number of hydrogen-bond donors (Lipinski definition) is 1. The first kappa shape index (κ1) is 21.7. The first-order chi connectivity index (χ1) is 13.9. The van der Waals surface area contributed by atoms with Gasteiger partial charge in [-0.15, -0.1) is 0 Å². The van der Waals surface area contributed by atoms with Crippen LogP contribution in [-0.2, 0) is 19.1 Å². The molecule has 0 aromatic heterocycles. The lowest BCUT2D eigenvalue weighted by molar-refractivity contribution is -0.148. The summed E-state index contributed by atoms with van der Waals surface area (Å²) in [5.74, 6) is -1.66. The highest BCUT2D eigenvalue weighted by Crippen LogP contribution is 2.20. The number of carbonyl (C=O) groups excluding carboxylic acids is 3. The van der Waals surface area contributed by atoms with E-state index in [-0.39, 0.29) is 6.54 Å². The minimum Gasteiger partial charge on any atom is -0.452 e. The quantitative estimate of drug-likeness (QED) is 0.557. The van der Waals surface area contributed by atoms with Gasteiger partial charge < -0.3 is 15.0 Å². The van der Waals surface area contributed by atoms with Crippen LogP contribution in [0.1, 0.15) is 11.1 Å². The molecule has 2 rings (SSSR count). The number of benzene rings is 2. The van der Waals surface area contributed by atoms with Gasteiger partial charge in [0.15, 0.2) is 6.61 Å². The van der Waals surface area contributed by atoms with Crippen LogP contribution in [0.3, 0.4) is 0 Å². The Morgan fingerprint density at radius 3 is 2.52 bits per heavy atom. The molecule has 0 aliphatic carbocycles. The van der Waals surface area contributed by atoms with Crippen molar-refractivity contribution >= 4 is 41.1 Å². The summed E-state index contributed by atoms with van der Waals surface area (Å²) in [5.41, 5.74) is 1.66. The number of nitrogens with one attached hydrogen (secondary N) is 1. The van der Waals surface area contributed by atoms with Crippen molar-refractivity contribution in [3.8, 4) is 6.07 Å². The Morgan fingerprint density at radius 2 is 1.86 bits per heavy atom. The molecule has 0 aliphatic rings. The van der Waals surface area contributed by atoms with Crippen molar-refractivity contribution in [2.45, 2.75) is 0 Å². The first-order valence-corrected chi connectivity index (χ1v) is 8.90. The summed E-state index contributed by atoms with van der Waals surface area (Å²) in [7, 11) is 1.43. The highest BCUT2D eigenvalue weighted by Gasteiger charge is 2.15. The predicted molar refractivity (Wildman–Crippen MR) is 109 cm³/mol. The number of likely N-dealkylation sites (N-methyl/N-ethyl adjacent to an activating group) is 1. The first-order valence-electron chi connectivity index (χ1n) is 8.52. The molecule has 7 nitrogen and oxygen atoms in total. The SMILES string of the molecule is CN(CC(=O)Nc1ccccc1Cl)C(=O)COC(=O)/C=C/c1ccc(C#N)cc1. The second-order valence-corrected chi connectivity index (χ2v) is 6.36. The van der Waals surface area contributed by atoms with E-state index in [9.17, 15) is 14.4 Å². The molecule has 148 valence electrons. The second-order valence-electron chi connectivity index (χ2n) is 5.95. The summed E-state index contributed by atoms with van der Waals surface area (Å²) in [6.45, 7) is -0.713. The van der Waals surface area contributed by atoms with E-state index >= 15 is 0 Å². The molecule has 0 saturated heterocycles. The Balaban J connectivity index is 1.77. The van der Waals surface area contributed by atoms with Gasteiger partial charge in [0.25, 0.3) is 5.91 Å². The molecular weight excluding hydrogens is 394 g/mol. The number of amides is 2. The molecule has 0 spiro atoms. The Kier molecular flexibility index (Phi) is 7.95. The van der Waals surface area contributed by atoms with Gasteiger partial charge >= 0.3 is 5.97 Å². The van der Waals surface area contributed by atoms with E-state index in [4.69, 9.17) is 21.6 Å². The molecule has 2 amide bonds. The number of esters is 1. The second kappa shape index (κ2) is 10.6. The molecule has 0 bridgehead atoms. The zero-order valence-corrected chi connectivity index (χ0v) is 16.3. The Labute approximate surface area is 173 Å². The van der Waals surface area contributed by atoms with Crippen LogP contribution in [0, 0.1) is 11.3 Å². The van der Waals surface area contributed by atoms with E-state index in [1.807, 2.05) is 6.07 Å². The van der Waals surface area contributed by atoms with Gasteiger partial charge in [-0.25, -0.2) is 4.79 Å². The Morgan fingerprint density at radius 1 is 1.17 bits per heavy atom. The zero-order chi connectivity index (χ0) is 21.2. The number of carbonyl (C=O) groups is 3. The van der Waals surface area contributed by atoms with Crippen LogP contribution in [0.5, 0.6) is 0 Å². The summed E-state index contributed by atoms with van der Waals surface area (Å²) in [4.78, 5) is 36.9. The van der Waals surface area contributed by atoms with Crippen LogP contribution in [0.25, 0.3) is 6.08 Å². The number of halogens is 1. The number of hydrogen-bond acceptors (Lipinski definition) is 5. The van der Waals surface area contributed by atoms with Gasteiger partial charge in [-0.3, -0.25) is 9.59 Å². The van der Waals surface area contributed by atoms with Crippen molar-refractivity contribution in [2.75, 3.05) is 25.5 Å². The number of nitriles is 1. The molecule has 0 fully saturated rings. The van der Waals surface area contributed by atoms with Crippen molar-refractivity contribution in [1.82, 2.24) is 4.90 Å². The monoisotopic (exact) mass is 411 g/mol. The van der Waals surface area contributed by atoms with Gasteiger partial charge in [0, 0.05) is 13.1 Å². The van der Waals surface area contributed by atoms with Crippen LogP contribution in [0.15, 0.2) is 54.6 Å². The van der Waals surface area contributed by atoms with Crippen LogP contribution in [0.4, 0.5) is 5.69 Å².